The van der Waals surface area contributed by atoms with E-state index in [9.17, 15) is 14.7 Å². The second-order valence-corrected chi connectivity index (χ2v) is 7.85. The normalized spacial score (nSPS) is 15.8. The molecule has 0 saturated carbocycles. The lowest BCUT2D eigenvalue weighted by Gasteiger charge is -2.30. The maximum atomic E-state index is 13.1. The molecule has 0 unspecified atom stereocenters. The summed E-state index contributed by atoms with van der Waals surface area (Å²) in [6.45, 7) is 3.79. The summed E-state index contributed by atoms with van der Waals surface area (Å²) in [6.07, 6.45) is 1.46. The van der Waals surface area contributed by atoms with E-state index < -0.39 is 11.8 Å². The molecule has 0 aromatic heterocycles. The van der Waals surface area contributed by atoms with Gasteiger partial charge in [0.1, 0.15) is 5.57 Å². The molecule has 0 atom stereocenters. The van der Waals surface area contributed by atoms with Crippen LogP contribution in [0.1, 0.15) is 16.7 Å². The number of thiocarbonyl (C=S) groups is 1. The van der Waals surface area contributed by atoms with Gasteiger partial charge in [0.05, 0.1) is 16.4 Å². The van der Waals surface area contributed by atoms with Gasteiger partial charge < -0.3 is 9.84 Å². The third-order valence-corrected chi connectivity index (χ3v) is 5.40. The van der Waals surface area contributed by atoms with E-state index in [2.05, 4.69) is 5.32 Å². The molecule has 0 spiro atoms. The van der Waals surface area contributed by atoms with Crippen LogP contribution in [0.15, 0.2) is 35.9 Å². The molecule has 8 heteroatoms. The van der Waals surface area contributed by atoms with Crippen molar-refractivity contribution in [1.82, 2.24) is 5.32 Å². The highest BCUT2D eigenvalue weighted by Crippen LogP contribution is 2.33. The van der Waals surface area contributed by atoms with Crippen LogP contribution in [0.3, 0.4) is 0 Å². The Morgan fingerprint density at radius 3 is 2.61 bits per heavy atom. The number of halogens is 1. The van der Waals surface area contributed by atoms with Crippen molar-refractivity contribution in [2.24, 2.45) is 0 Å². The second-order valence-electron chi connectivity index (χ2n) is 6.30. The molecule has 1 heterocycles. The molecule has 1 aliphatic rings. The fourth-order valence-electron chi connectivity index (χ4n) is 2.84. The van der Waals surface area contributed by atoms with Crippen LogP contribution in [0.5, 0.6) is 11.5 Å². The third kappa shape index (κ3) is 3.74. The third-order valence-electron chi connectivity index (χ3n) is 4.29. The lowest BCUT2D eigenvalue weighted by molar-refractivity contribution is -0.122. The maximum Gasteiger partial charge on any atom is 0.270 e. The number of phenols is 1. The number of aryl methyl sites for hydroxylation is 2. The van der Waals surface area contributed by atoms with Gasteiger partial charge in [0.15, 0.2) is 16.6 Å². The molecule has 1 fully saturated rings. The van der Waals surface area contributed by atoms with Gasteiger partial charge in [0.2, 0.25) is 0 Å². The molecule has 0 radical (unpaired) electrons. The van der Waals surface area contributed by atoms with Crippen molar-refractivity contribution in [3.8, 4) is 11.5 Å². The zero-order chi connectivity index (χ0) is 20.6. The maximum absolute atomic E-state index is 13.1. The van der Waals surface area contributed by atoms with Gasteiger partial charge in [-0.2, -0.15) is 0 Å². The van der Waals surface area contributed by atoms with Crippen molar-refractivity contribution in [1.29, 1.82) is 0 Å². The average molecular weight is 508 g/mol. The molecule has 144 valence electrons. The number of carbonyl (C=O) groups excluding carboxylic acids is 2. The topological polar surface area (TPSA) is 78.9 Å². The Balaban J connectivity index is 2.09. The van der Waals surface area contributed by atoms with Crippen LogP contribution in [-0.4, -0.2) is 29.1 Å². The number of phenolic OH excluding ortho intramolecular Hbond substituents is 1. The first kappa shape index (κ1) is 20.3. The van der Waals surface area contributed by atoms with Crippen molar-refractivity contribution in [2.75, 3.05) is 12.0 Å². The Labute approximate surface area is 181 Å². The monoisotopic (exact) mass is 508 g/mol. The molecule has 28 heavy (non-hydrogen) atoms. The van der Waals surface area contributed by atoms with Crippen molar-refractivity contribution in [2.45, 2.75) is 13.8 Å². The van der Waals surface area contributed by atoms with Crippen LogP contribution in [0.2, 0.25) is 0 Å². The van der Waals surface area contributed by atoms with Crippen molar-refractivity contribution < 1.29 is 19.4 Å². The van der Waals surface area contributed by atoms with Crippen LogP contribution in [0, 0.1) is 17.4 Å². The first-order chi connectivity index (χ1) is 13.2. The molecule has 1 saturated heterocycles. The van der Waals surface area contributed by atoms with Gasteiger partial charge in [0, 0.05) is 0 Å². The highest BCUT2D eigenvalue weighted by atomic mass is 127. The standard InChI is InChI=1S/C20H17IN2O4S/c1-10-4-5-11(2)15(6-10)23-19(26)13(18(25)22-20(23)28)7-12-8-14(21)17(24)16(9-12)27-3/h4-9,24H,1-3H3,(H,22,25,28)/b13-7+. The van der Waals surface area contributed by atoms with Gasteiger partial charge in [-0.05, 0) is 89.6 Å². The van der Waals surface area contributed by atoms with E-state index in [4.69, 9.17) is 17.0 Å². The summed E-state index contributed by atoms with van der Waals surface area (Å²) in [6, 6.07) is 8.90. The molecule has 1 aliphatic heterocycles. The van der Waals surface area contributed by atoms with Crippen molar-refractivity contribution in [3.05, 3.63) is 56.2 Å². The van der Waals surface area contributed by atoms with Crippen LogP contribution in [0.4, 0.5) is 5.69 Å². The summed E-state index contributed by atoms with van der Waals surface area (Å²) in [5, 5.41) is 12.6. The highest BCUT2D eigenvalue weighted by Gasteiger charge is 2.35. The molecule has 0 aliphatic carbocycles. The Morgan fingerprint density at radius 1 is 1.21 bits per heavy atom. The smallest absolute Gasteiger partial charge is 0.270 e. The molecule has 6 nitrogen and oxygen atoms in total. The molecule has 0 bridgehead atoms. The number of hydrogen-bond acceptors (Lipinski definition) is 5. The minimum Gasteiger partial charge on any atom is -0.504 e. The summed E-state index contributed by atoms with van der Waals surface area (Å²) in [5.41, 5.74) is 2.94. The minimum absolute atomic E-state index is 0.00265. The summed E-state index contributed by atoms with van der Waals surface area (Å²) in [7, 11) is 1.43. The molecule has 3 rings (SSSR count). The molecule has 2 aromatic rings. The number of aromatic hydroxyl groups is 1. The Bertz CT molecular complexity index is 1050. The number of anilines is 1. The van der Waals surface area contributed by atoms with Crippen molar-refractivity contribution in [3.63, 3.8) is 0 Å². The fourth-order valence-corrected chi connectivity index (χ4v) is 3.74. The van der Waals surface area contributed by atoms with Crippen LogP contribution < -0.4 is 15.0 Å². The summed E-state index contributed by atoms with van der Waals surface area (Å²) < 4.78 is 5.68. The molecule has 2 amide bonds. The Kier molecular flexibility index (Phi) is 5.71. The predicted octanol–water partition coefficient (Wildman–Crippen LogP) is 3.45. The number of ether oxygens (including phenoxy) is 1. The summed E-state index contributed by atoms with van der Waals surface area (Å²) in [5.74, 6) is -0.824. The number of nitrogens with one attached hydrogen (secondary N) is 1. The fraction of sp³-hybridized carbons (Fsp3) is 0.150. The molecule has 2 N–H and O–H groups in total. The van der Waals surface area contributed by atoms with Crippen LogP contribution >= 0.6 is 34.8 Å². The van der Waals surface area contributed by atoms with Gasteiger partial charge in [-0.3, -0.25) is 19.8 Å². The summed E-state index contributed by atoms with van der Waals surface area (Å²) in [4.78, 5) is 26.9. The van der Waals surface area contributed by atoms with E-state index >= 15 is 0 Å². The number of rotatable bonds is 3. The van der Waals surface area contributed by atoms with E-state index in [1.165, 1.54) is 18.1 Å². The molecular formula is C20H17IN2O4S. The predicted molar refractivity (Wildman–Crippen MR) is 119 cm³/mol. The number of carbonyl (C=O) groups is 2. The average Bonchev–Trinajstić information content (AvgIpc) is 2.64. The first-order valence-corrected chi connectivity index (χ1v) is 9.77. The second kappa shape index (κ2) is 7.88. The summed E-state index contributed by atoms with van der Waals surface area (Å²) >= 11 is 7.21. The number of benzene rings is 2. The quantitative estimate of drug-likeness (QED) is 0.288. The first-order valence-electron chi connectivity index (χ1n) is 8.28. The van der Waals surface area contributed by atoms with Gasteiger partial charge in [-0.25, -0.2) is 0 Å². The molecule has 2 aromatic carbocycles. The molecular weight excluding hydrogens is 491 g/mol. The van der Waals surface area contributed by atoms with Gasteiger partial charge in [-0.1, -0.05) is 12.1 Å². The number of methoxy groups -OCH3 is 1. The van der Waals surface area contributed by atoms with E-state index in [-0.39, 0.29) is 22.2 Å². The SMILES string of the molecule is COc1cc(/C=C2\C(=O)NC(=S)N(c3cc(C)ccc3C)C2=O)cc(I)c1O. The van der Waals surface area contributed by atoms with E-state index in [1.54, 1.807) is 12.1 Å². The van der Waals surface area contributed by atoms with Crippen LogP contribution in [0.25, 0.3) is 6.08 Å². The Morgan fingerprint density at radius 2 is 1.93 bits per heavy atom. The lowest BCUT2D eigenvalue weighted by Crippen LogP contribution is -2.54. The van der Waals surface area contributed by atoms with E-state index in [0.29, 0.717) is 14.8 Å². The van der Waals surface area contributed by atoms with E-state index in [0.717, 1.165) is 11.1 Å². The highest BCUT2D eigenvalue weighted by molar-refractivity contribution is 14.1. The minimum atomic E-state index is -0.571. The number of amides is 2. The zero-order valence-electron chi connectivity index (χ0n) is 15.4. The van der Waals surface area contributed by atoms with Crippen LogP contribution in [-0.2, 0) is 9.59 Å². The number of nitrogens with zero attached hydrogens (tertiary/aromatic N) is 1. The van der Waals surface area contributed by atoms with Gasteiger partial charge >= 0.3 is 0 Å². The van der Waals surface area contributed by atoms with Gasteiger partial charge in [-0.15, -0.1) is 0 Å². The Hall–Kier alpha value is -2.46. The largest absolute Gasteiger partial charge is 0.504 e. The van der Waals surface area contributed by atoms with E-state index in [1.807, 2.05) is 54.6 Å². The van der Waals surface area contributed by atoms with Gasteiger partial charge in [0.25, 0.3) is 11.8 Å². The zero-order valence-corrected chi connectivity index (χ0v) is 18.3. The van der Waals surface area contributed by atoms with Crippen molar-refractivity contribution >= 4 is 63.5 Å². The number of hydrogen-bond donors (Lipinski definition) is 2. The lowest BCUT2D eigenvalue weighted by atomic mass is 10.0.